The highest BCUT2D eigenvalue weighted by atomic mass is 32.2. The van der Waals surface area contributed by atoms with Crippen molar-refractivity contribution in [2.45, 2.75) is 50.7 Å². The van der Waals surface area contributed by atoms with Crippen LogP contribution in [0.25, 0.3) is 0 Å². The Balaban J connectivity index is 1.36. The van der Waals surface area contributed by atoms with E-state index in [0.717, 1.165) is 69.7 Å². The standard InChI is InChI=1S/C17H28N2O2S/c20-17(19-8-11-22-12-9-19)14-4-6-15(7-5-14)18-13-16-3-1-2-10-21-16/h2,10,14-16,18H,1,3-9,11-13H2/t14?,15?,16-/m1/s1. The van der Waals surface area contributed by atoms with E-state index >= 15 is 0 Å². The summed E-state index contributed by atoms with van der Waals surface area (Å²) in [4.78, 5) is 14.6. The van der Waals surface area contributed by atoms with E-state index in [4.69, 9.17) is 4.74 Å². The third kappa shape index (κ3) is 4.42. The van der Waals surface area contributed by atoms with Crippen molar-refractivity contribution in [3.63, 3.8) is 0 Å². The molecule has 0 aromatic rings. The van der Waals surface area contributed by atoms with Crippen molar-refractivity contribution < 1.29 is 9.53 Å². The summed E-state index contributed by atoms with van der Waals surface area (Å²) >= 11 is 1.96. The SMILES string of the molecule is O=C(C1CCC(NC[C@H]2CCC=CO2)CC1)N1CCSCC1. The molecule has 1 saturated heterocycles. The summed E-state index contributed by atoms with van der Waals surface area (Å²) in [5, 5.41) is 3.64. The van der Waals surface area contributed by atoms with Gasteiger partial charge < -0.3 is 15.0 Å². The summed E-state index contributed by atoms with van der Waals surface area (Å²) in [5.41, 5.74) is 0. The van der Waals surface area contributed by atoms with Crippen molar-refractivity contribution in [3.8, 4) is 0 Å². The second-order valence-corrected chi connectivity index (χ2v) is 7.83. The molecule has 5 heteroatoms. The highest BCUT2D eigenvalue weighted by molar-refractivity contribution is 7.99. The summed E-state index contributed by atoms with van der Waals surface area (Å²) in [5.74, 6) is 2.91. The van der Waals surface area contributed by atoms with Gasteiger partial charge in [-0.3, -0.25) is 4.79 Å². The Bertz CT molecular complexity index is 388. The lowest BCUT2D eigenvalue weighted by Gasteiger charge is -2.34. The quantitative estimate of drug-likeness (QED) is 0.862. The number of nitrogens with one attached hydrogen (secondary N) is 1. The maximum atomic E-state index is 12.5. The van der Waals surface area contributed by atoms with Gasteiger partial charge in [0.15, 0.2) is 0 Å². The van der Waals surface area contributed by atoms with Gasteiger partial charge in [0.1, 0.15) is 6.10 Å². The molecule has 2 heterocycles. The minimum Gasteiger partial charge on any atom is -0.497 e. The molecule has 22 heavy (non-hydrogen) atoms. The first kappa shape index (κ1) is 16.2. The first-order valence-electron chi connectivity index (χ1n) is 8.73. The van der Waals surface area contributed by atoms with Crippen LogP contribution in [-0.4, -0.2) is 54.1 Å². The van der Waals surface area contributed by atoms with E-state index in [1.807, 2.05) is 18.0 Å². The average Bonchev–Trinajstić information content (AvgIpc) is 2.61. The number of ether oxygens (including phenoxy) is 1. The second kappa shape index (κ2) is 8.25. The van der Waals surface area contributed by atoms with E-state index in [1.165, 1.54) is 0 Å². The van der Waals surface area contributed by atoms with Gasteiger partial charge in [0, 0.05) is 43.1 Å². The van der Waals surface area contributed by atoms with E-state index in [2.05, 4.69) is 16.3 Å². The van der Waals surface area contributed by atoms with E-state index in [0.29, 0.717) is 18.1 Å². The van der Waals surface area contributed by atoms with E-state index in [1.54, 1.807) is 0 Å². The second-order valence-electron chi connectivity index (χ2n) is 6.60. The number of hydrogen-bond acceptors (Lipinski definition) is 4. The van der Waals surface area contributed by atoms with E-state index in [-0.39, 0.29) is 5.92 Å². The van der Waals surface area contributed by atoms with Crippen molar-refractivity contribution in [2.75, 3.05) is 31.1 Å². The van der Waals surface area contributed by atoms with Crippen molar-refractivity contribution in [1.82, 2.24) is 10.2 Å². The molecule has 2 aliphatic heterocycles. The van der Waals surface area contributed by atoms with Crippen LogP contribution in [0.3, 0.4) is 0 Å². The Kier molecular flexibility index (Phi) is 6.07. The molecule has 0 radical (unpaired) electrons. The molecule has 1 amide bonds. The molecule has 1 aliphatic carbocycles. The molecular formula is C17H28N2O2S. The van der Waals surface area contributed by atoms with Crippen LogP contribution < -0.4 is 5.32 Å². The maximum Gasteiger partial charge on any atom is 0.225 e. The molecule has 3 rings (SSSR count). The van der Waals surface area contributed by atoms with Crippen molar-refractivity contribution in [1.29, 1.82) is 0 Å². The number of allylic oxidation sites excluding steroid dienone is 1. The van der Waals surface area contributed by atoms with Crippen molar-refractivity contribution >= 4 is 17.7 Å². The maximum absolute atomic E-state index is 12.5. The zero-order chi connectivity index (χ0) is 15.2. The Morgan fingerprint density at radius 3 is 2.64 bits per heavy atom. The van der Waals surface area contributed by atoms with Crippen LogP contribution in [0.15, 0.2) is 12.3 Å². The minimum atomic E-state index is 0.273. The minimum absolute atomic E-state index is 0.273. The summed E-state index contributed by atoms with van der Waals surface area (Å²) in [6, 6.07) is 0.565. The number of thioether (sulfide) groups is 1. The molecule has 0 bridgehead atoms. The van der Waals surface area contributed by atoms with Gasteiger partial charge >= 0.3 is 0 Å². The molecule has 4 nitrogen and oxygen atoms in total. The van der Waals surface area contributed by atoms with Crippen LogP contribution in [0.5, 0.6) is 0 Å². The summed E-state index contributed by atoms with van der Waals surface area (Å²) in [7, 11) is 0. The molecule has 2 fully saturated rings. The first-order chi connectivity index (χ1) is 10.8. The molecule has 1 atom stereocenters. The Labute approximate surface area is 138 Å². The normalized spacial score (nSPS) is 32.5. The van der Waals surface area contributed by atoms with E-state index in [9.17, 15) is 4.79 Å². The molecule has 0 aromatic heterocycles. The number of amides is 1. The number of carbonyl (C=O) groups is 1. The lowest BCUT2D eigenvalue weighted by Crippen LogP contribution is -2.45. The number of rotatable bonds is 4. The topological polar surface area (TPSA) is 41.6 Å². The summed E-state index contributed by atoms with van der Waals surface area (Å²) < 4.78 is 5.60. The van der Waals surface area contributed by atoms with Gasteiger partial charge in [0.05, 0.1) is 6.26 Å². The van der Waals surface area contributed by atoms with Gasteiger partial charge in [0.2, 0.25) is 5.91 Å². The molecule has 0 aromatic carbocycles. The van der Waals surface area contributed by atoms with Gasteiger partial charge in [-0.1, -0.05) is 0 Å². The third-order valence-corrected chi connectivity index (χ3v) is 6.00. The largest absolute Gasteiger partial charge is 0.497 e. The van der Waals surface area contributed by atoms with E-state index < -0.39 is 0 Å². The predicted molar refractivity (Wildman–Crippen MR) is 90.9 cm³/mol. The number of carbonyl (C=O) groups excluding carboxylic acids is 1. The van der Waals surface area contributed by atoms with Crippen LogP contribution in [0.1, 0.15) is 38.5 Å². The molecule has 0 unspecified atom stereocenters. The first-order valence-corrected chi connectivity index (χ1v) is 9.89. The van der Waals surface area contributed by atoms with Gasteiger partial charge in [-0.2, -0.15) is 11.8 Å². The highest BCUT2D eigenvalue weighted by Gasteiger charge is 2.30. The fourth-order valence-electron chi connectivity index (χ4n) is 3.62. The molecule has 124 valence electrons. The average molecular weight is 324 g/mol. The van der Waals surface area contributed by atoms with Crippen molar-refractivity contribution in [2.24, 2.45) is 5.92 Å². The lowest BCUT2D eigenvalue weighted by atomic mass is 9.85. The number of nitrogens with zero attached hydrogens (tertiary/aromatic N) is 1. The van der Waals surface area contributed by atoms with Crippen LogP contribution in [0.4, 0.5) is 0 Å². The number of hydrogen-bond donors (Lipinski definition) is 1. The van der Waals surface area contributed by atoms with Crippen LogP contribution in [-0.2, 0) is 9.53 Å². The third-order valence-electron chi connectivity index (χ3n) is 5.06. The Morgan fingerprint density at radius 1 is 1.18 bits per heavy atom. The zero-order valence-electron chi connectivity index (χ0n) is 13.3. The van der Waals surface area contributed by atoms with Gasteiger partial charge in [-0.15, -0.1) is 0 Å². The summed E-state index contributed by atoms with van der Waals surface area (Å²) in [6.45, 7) is 2.85. The molecule has 1 N–H and O–H groups in total. The fourth-order valence-corrected chi connectivity index (χ4v) is 4.52. The van der Waals surface area contributed by atoms with Crippen LogP contribution in [0, 0.1) is 5.92 Å². The van der Waals surface area contributed by atoms with Crippen molar-refractivity contribution in [3.05, 3.63) is 12.3 Å². The van der Waals surface area contributed by atoms with Crippen LogP contribution >= 0.6 is 11.8 Å². The molecule has 0 spiro atoms. The van der Waals surface area contributed by atoms with Gasteiger partial charge in [-0.25, -0.2) is 0 Å². The van der Waals surface area contributed by atoms with Gasteiger partial charge in [0.25, 0.3) is 0 Å². The fraction of sp³-hybridized carbons (Fsp3) is 0.824. The molecular weight excluding hydrogens is 296 g/mol. The summed E-state index contributed by atoms with van der Waals surface area (Å²) in [6.07, 6.45) is 10.8. The molecule has 1 saturated carbocycles. The van der Waals surface area contributed by atoms with Crippen LogP contribution in [0.2, 0.25) is 0 Å². The Morgan fingerprint density at radius 2 is 1.95 bits per heavy atom. The lowest BCUT2D eigenvalue weighted by molar-refractivity contribution is -0.136. The zero-order valence-corrected chi connectivity index (χ0v) is 14.2. The monoisotopic (exact) mass is 324 g/mol. The molecule has 3 aliphatic rings. The predicted octanol–water partition coefficient (Wildman–Crippen LogP) is 2.40. The highest BCUT2D eigenvalue weighted by Crippen LogP contribution is 2.27. The van der Waals surface area contributed by atoms with Gasteiger partial charge in [-0.05, 0) is 44.6 Å². The Hall–Kier alpha value is -0.680. The smallest absolute Gasteiger partial charge is 0.225 e.